The van der Waals surface area contributed by atoms with Gasteiger partial charge in [-0.05, 0) is 46.2 Å². The van der Waals surface area contributed by atoms with E-state index in [0.29, 0.717) is 11.1 Å². The van der Waals surface area contributed by atoms with Gasteiger partial charge in [-0.2, -0.15) is 5.10 Å². The van der Waals surface area contributed by atoms with Gasteiger partial charge in [0.25, 0.3) is 0 Å². The Labute approximate surface area is 144 Å². The van der Waals surface area contributed by atoms with Crippen LogP contribution in [-0.2, 0) is 4.74 Å². The van der Waals surface area contributed by atoms with Crippen LogP contribution in [0.4, 0.5) is 0 Å². The van der Waals surface area contributed by atoms with E-state index in [-0.39, 0.29) is 5.41 Å². The second kappa shape index (κ2) is 6.10. The maximum absolute atomic E-state index is 6.27. The van der Waals surface area contributed by atoms with Crippen LogP contribution in [0.25, 0.3) is 5.65 Å². The van der Waals surface area contributed by atoms with Crippen LogP contribution < -0.4 is 0 Å². The second-order valence-corrected chi connectivity index (χ2v) is 7.98. The highest BCUT2D eigenvalue weighted by Gasteiger charge is 2.37. The van der Waals surface area contributed by atoms with Crippen LogP contribution in [0, 0.1) is 17.3 Å². The SMILES string of the molecule is CC(C)(C)[C](c1cc(Cl)nc2c(Br)cnn12)C1CCOCC1. The monoisotopic (exact) mass is 384 g/mol. The predicted molar refractivity (Wildman–Crippen MR) is 91.0 cm³/mol. The zero-order chi connectivity index (χ0) is 15.9. The summed E-state index contributed by atoms with van der Waals surface area (Å²) in [5.41, 5.74) is 1.84. The largest absolute Gasteiger partial charge is 0.381 e. The summed E-state index contributed by atoms with van der Waals surface area (Å²) in [6.45, 7) is 8.37. The number of rotatable bonds is 2. The molecule has 1 aliphatic heterocycles. The highest BCUT2D eigenvalue weighted by atomic mass is 79.9. The molecule has 0 amide bonds. The summed E-state index contributed by atoms with van der Waals surface area (Å²) in [4.78, 5) is 4.39. The average molecular weight is 386 g/mol. The number of hydrogen-bond acceptors (Lipinski definition) is 3. The molecule has 1 saturated heterocycles. The van der Waals surface area contributed by atoms with E-state index in [1.807, 2.05) is 10.6 Å². The van der Waals surface area contributed by atoms with Crippen molar-refractivity contribution in [1.29, 1.82) is 0 Å². The molecule has 3 rings (SSSR count). The lowest BCUT2D eigenvalue weighted by atomic mass is 9.69. The van der Waals surface area contributed by atoms with Gasteiger partial charge in [-0.1, -0.05) is 32.4 Å². The number of ether oxygens (including phenoxy) is 1. The van der Waals surface area contributed by atoms with Gasteiger partial charge in [0.2, 0.25) is 0 Å². The van der Waals surface area contributed by atoms with Gasteiger partial charge in [0.1, 0.15) is 5.15 Å². The summed E-state index contributed by atoms with van der Waals surface area (Å²) in [6.07, 6.45) is 3.85. The van der Waals surface area contributed by atoms with Crippen molar-refractivity contribution in [2.75, 3.05) is 13.2 Å². The third-order valence-corrected chi connectivity index (χ3v) is 4.86. The minimum Gasteiger partial charge on any atom is -0.381 e. The van der Waals surface area contributed by atoms with Crippen LogP contribution in [0.5, 0.6) is 0 Å². The summed E-state index contributed by atoms with van der Waals surface area (Å²) in [5.74, 6) is 1.86. The van der Waals surface area contributed by atoms with Gasteiger partial charge in [0.15, 0.2) is 5.65 Å². The molecule has 2 aromatic rings. The summed E-state index contributed by atoms with van der Waals surface area (Å²) in [5, 5.41) is 4.98. The Bertz CT molecular complexity index is 674. The first-order valence-corrected chi connectivity index (χ1v) is 8.70. The maximum atomic E-state index is 6.27. The molecule has 0 aromatic carbocycles. The average Bonchev–Trinajstić information content (AvgIpc) is 2.80. The minimum absolute atomic E-state index is 0.0258. The molecule has 0 N–H and O–H groups in total. The Balaban J connectivity index is 2.15. The molecule has 119 valence electrons. The quantitative estimate of drug-likeness (QED) is 0.712. The van der Waals surface area contributed by atoms with Gasteiger partial charge in [0, 0.05) is 19.1 Å². The first-order valence-electron chi connectivity index (χ1n) is 7.53. The number of halogens is 2. The zero-order valence-electron chi connectivity index (χ0n) is 13.1. The summed E-state index contributed by atoms with van der Waals surface area (Å²) < 4.78 is 8.28. The first-order chi connectivity index (χ1) is 10.4. The third-order valence-electron chi connectivity index (χ3n) is 4.11. The molecule has 22 heavy (non-hydrogen) atoms. The normalized spacial score (nSPS) is 17.5. The van der Waals surface area contributed by atoms with Crippen LogP contribution in [0.1, 0.15) is 39.3 Å². The number of aromatic nitrogens is 3. The van der Waals surface area contributed by atoms with E-state index in [0.717, 1.165) is 41.9 Å². The van der Waals surface area contributed by atoms with E-state index < -0.39 is 0 Å². The molecule has 0 atom stereocenters. The maximum Gasteiger partial charge on any atom is 0.171 e. The molecule has 1 aliphatic rings. The lowest BCUT2D eigenvalue weighted by molar-refractivity contribution is 0.0638. The summed E-state index contributed by atoms with van der Waals surface area (Å²) in [6, 6.07) is 1.93. The molecule has 0 spiro atoms. The van der Waals surface area contributed by atoms with Crippen molar-refractivity contribution in [1.82, 2.24) is 14.6 Å². The van der Waals surface area contributed by atoms with Crippen molar-refractivity contribution < 1.29 is 4.74 Å². The zero-order valence-corrected chi connectivity index (χ0v) is 15.4. The fourth-order valence-corrected chi connectivity index (χ4v) is 3.82. The highest BCUT2D eigenvalue weighted by Crippen LogP contribution is 2.44. The number of fused-ring (bicyclic) bond motifs is 1. The Hall–Kier alpha value is -0.650. The second-order valence-electron chi connectivity index (χ2n) is 6.74. The fourth-order valence-electron chi connectivity index (χ4n) is 3.29. The van der Waals surface area contributed by atoms with E-state index in [2.05, 4.69) is 46.8 Å². The Morgan fingerprint density at radius 3 is 2.68 bits per heavy atom. The van der Waals surface area contributed by atoms with E-state index in [1.165, 1.54) is 5.92 Å². The molecular weight excluding hydrogens is 366 g/mol. The highest BCUT2D eigenvalue weighted by molar-refractivity contribution is 9.10. The smallest absolute Gasteiger partial charge is 0.171 e. The van der Waals surface area contributed by atoms with E-state index in [4.69, 9.17) is 16.3 Å². The standard InChI is InChI=1S/C16H20BrClN3O/c1-16(2,3)14(10-4-6-22-7-5-10)12-8-13(18)20-15-11(17)9-19-21(12)15/h8-10H,4-7H2,1-3H3. The molecule has 0 aliphatic carbocycles. The van der Waals surface area contributed by atoms with Crippen molar-refractivity contribution >= 4 is 33.2 Å². The molecule has 0 saturated carbocycles. The van der Waals surface area contributed by atoms with Gasteiger partial charge >= 0.3 is 0 Å². The van der Waals surface area contributed by atoms with Crippen molar-refractivity contribution in [3.05, 3.63) is 33.5 Å². The number of hydrogen-bond donors (Lipinski definition) is 0. The van der Waals surface area contributed by atoms with Gasteiger partial charge in [-0.25, -0.2) is 9.50 Å². The lowest BCUT2D eigenvalue weighted by Crippen LogP contribution is -2.33. The first kappa shape index (κ1) is 16.2. The summed E-state index contributed by atoms with van der Waals surface area (Å²) in [7, 11) is 0. The van der Waals surface area contributed by atoms with Crippen molar-refractivity contribution in [3.63, 3.8) is 0 Å². The van der Waals surface area contributed by atoms with Crippen LogP contribution in [0.2, 0.25) is 5.15 Å². The van der Waals surface area contributed by atoms with E-state index in [9.17, 15) is 0 Å². The van der Waals surface area contributed by atoms with Crippen molar-refractivity contribution in [3.8, 4) is 0 Å². The van der Waals surface area contributed by atoms with Crippen molar-refractivity contribution in [2.24, 2.45) is 11.3 Å². The van der Waals surface area contributed by atoms with Crippen LogP contribution in [-0.4, -0.2) is 27.8 Å². The molecule has 0 unspecified atom stereocenters. The third kappa shape index (κ3) is 3.03. The molecular formula is C16H20BrClN3O. The minimum atomic E-state index is 0.0258. The number of nitrogens with zero attached hydrogens (tertiary/aromatic N) is 3. The molecule has 0 bridgehead atoms. The topological polar surface area (TPSA) is 39.4 Å². The molecule has 2 aromatic heterocycles. The molecule has 1 radical (unpaired) electrons. The van der Waals surface area contributed by atoms with Crippen LogP contribution in [0.15, 0.2) is 16.7 Å². The lowest BCUT2D eigenvalue weighted by Gasteiger charge is -2.38. The Kier molecular flexibility index (Phi) is 4.49. The Morgan fingerprint density at radius 1 is 1.36 bits per heavy atom. The molecule has 3 heterocycles. The summed E-state index contributed by atoms with van der Waals surface area (Å²) >= 11 is 9.77. The van der Waals surface area contributed by atoms with E-state index >= 15 is 0 Å². The van der Waals surface area contributed by atoms with Gasteiger partial charge in [-0.3, -0.25) is 0 Å². The van der Waals surface area contributed by atoms with Gasteiger partial charge in [-0.15, -0.1) is 0 Å². The fraction of sp³-hybridized carbons (Fsp3) is 0.562. The van der Waals surface area contributed by atoms with Gasteiger partial charge in [0.05, 0.1) is 16.4 Å². The van der Waals surface area contributed by atoms with Crippen LogP contribution in [0.3, 0.4) is 0 Å². The Morgan fingerprint density at radius 2 is 2.05 bits per heavy atom. The molecule has 1 fully saturated rings. The van der Waals surface area contributed by atoms with E-state index in [1.54, 1.807) is 6.20 Å². The van der Waals surface area contributed by atoms with Gasteiger partial charge < -0.3 is 4.74 Å². The molecule has 6 heteroatoms. The van der Waals surface area contributed by atoms with Crippen LogP contribution >= 0.6 is 27.5 Å². The van der Waals surface area contributed by atoms with Crippen molar-refractivity contribution in [2.45, 2.75) is 33.6 Å². The predicted octanol–water partition coefficient (Wildman–Crippen LogP) is 4.54. The molecule has 4 nitrogen and oxygen atoms in total.